The van der Waals surface area contributed by atoms with Crippen molar-refractivity contribution in [3.05, 3.63) is 111 Å². The standard InChI is InChI=1S/C44H48N4O7S/c1-47-16-13-29-22-36(50-3)38-24-32(29)33(47)19-27-7-10-31(11-8-27)54-37-21-28(9-12-35(37)53-18-6-15-46-44(49)40-25-45-26-56-40)20-34-41-30(14-17-48(34)2)23-39(51-4)42(52-5)43(41)55-38/h7-12,21-26,33-34H,6,13-20H2,1-5H3,(H,46,49)/t33?,34-/m1/s1. The Morgan fingerprint density at radius 3 is 2.29 bits per heavy atom. The van der Waals surface area contributed by atoms with E-state index in [-0.39, 0.29) is 18.0 Å². The first kappa shape index (κ1) is 37.6. The Hall–Kier alpha value is -5.30. The lowest BCUT2D eigenvalue weighted by Gasteiger charge is -2.37. The Morgan fingerprint density at radius 2 is 1.54 bits per heavy atom. The molecular weight excluding hydrogens is 729 g/mol. The molecule has 9 rings (SSSR count). The van der Waals surface area contributed by atoms with Gasteiger partial charge in [0.25, 0.3) is 5.91 Å². The number of nitrogens with one attached hydrogen (secondary N) is 1. The Morgan fingerprint density at radius 1 is 0.821 bits per heavy atom. The molecule has 0 aliphatic carbocycles. The quantitative estimate of drug-likeness (QED) is 0.149. The summed E-state index contributed by atoms with van der Waals surface area (Å²) in [7, 11) is 9.37. The number of hydrogen-bond donors (Lipinski definition) is 1. The summed E-state index contributed by atoms with van der Waals surface area (Å²) in [5, 5.41) is 2.95. The first-order valence-electron chi connectivity index (χ1n) is 19.1. The summed E-state index contributed by atoms with van der Waals surface area (Å²) in [6, 6.07) is 21.0. The molecule has 1 aromatic heterocycles. The van der Waals surface area contributed by atoms with Crippen molar-refractivity contribution >= 4 is 17.2 Å². The average molecular weight is 777 g/mol. The summed E-state index contributed by atoms with van der Waals surface area (Å²) in [6.07, 6.45) is 5.43. The highest BCUT2D eigenvalue weighted by molar-refractivity contribution is 7.11. The SMILES string of the molecule is COc1cc2c3cc1Oc1c(OC)c(OC)cc4c1[C@@H](Cc1ccc(OCCCNC(=O)c5cncs5)c(c1)Oc1ccc(cc1)CC3N(C)CC2)N(C)CC4. The van der Waals surface area contributed by atoms with Crippen LogP contribution in [0, 0.1) is 0 Å². The van der Waals surface area contributed by atoms with Gasteiger partial charge in [-0.15, -0.1) is 11.3 Å². The van der Waals surface area contributed by atoms with Gasteiger partial charge in [-0.2, -0.15) is 0 Å². The number of aromatic nitrogens is 1. The first-order valence-corrected chi connectivity index (χ1v) is 20.0. The second kappa shape index (κ2) is 16.4. The van der Waals surface area contributed by atoms with Gasteiger partial charge in [-0.05, 0) is 116 Å². The molecule has 1 unspecified atom stereocenters. The van der Waals surface area contributed by atoms with Gasteiger partial charge in [-0.25, -0.2) is 0 Å². The number of benzene rings is 4. The third kappa shape index (κ3) is 7.61. The maximum atomic E-state index is 12.4. The van der Waals surface area contributed by atoms with Crippen molar-refractivity contribution in [1.29, 1.82) is 0 Å². The van der Waals surface area contributed by atoms with E-state index in [0.29, 0.717) is 71.1 Å². The third-order valence-electron chi connectivity index (χ3n) is 11.1. The maximum Gasteiger partial charge on any atom is 0.262 e. The number of methoxy groups -OCH3 is 3. The molecule has 6 bridgehead atoms. The van der Waals surface area contributed by atoms with Crippen LogP contribution >= 0.6 is 11.3 Å². The summed E-state index contributed by atoms with van der Waals surface area (Å²) in [5.41, 5.74) is 8.62. The van der Waals surface area contributed by atoms with E-state index in [1.54, 1.807) is 33.0 Å². The molecule has 1 amide bonds. The smallest absolute Gasteiger partial charge is 0.262 e. The number of rotatable bonds is 9. The van der Waals surface area contributed by atoms with Crippen molar-refractivity contribution in [3.8, 4) is 46.0 Å². The molecule has 0 saturated carbocycles. The fraction of sp³-hybridized carbons (Fsp3) is 0.364. The largest absolute Gasteiger partial charge is 0.493 e. The summed E-state index contributed by atoms with van der Waals surface area (Å²) in [4.78, 5) is 21.8. The molecule has 12 heteroatoms. The van der Waals surface area contributed by atoms with E-state index in [4.69, 9.17) is 28.4 Å². The molecule has 4 aromatic carbocycles. The Kier molecular flexibility index (Phi) is 11.0. The zero-order valence-corrected chi connectivity index (χ0v) is 33.4. The van der Waals surface area contributed by atoms with Gasteiger partial charge in [0.2, 0.25) is 5.75 Å². The summed E-state index contributed by atoms with van der Waals surface area (Å²) in [5.74, 6) is 5.00. The third-order valence-corrected chi connectivity index (χ3v) is 11.9. The molecule has 11 nitrogen and oxygen atoms in total. The van der Waals surface area contributed by atoms with E-state index < -0.39 is 0 Å². The van der Waals surface area contributed by atoms with Crippen molar-refractivity contribution < 1.29 is 33.2 Å². The van der Waals surface area contributed by atoms with Crippen LogP contribution in [0.5, 0.6) is 46.0 Å². The van der Waals surface area contributed by atoms with Crippen LogP contribution in [0.25, 0.3) is 0 Å². The minimum Gasteiger partial charge on any atom is -0.493 e. The van der Waals surface area contributed by atoms with Crippen LogP contribution in [0.1, 0.15) is 61.6 Å². The van der Waals surface area contributed by atoms with Crippen molar-refractivity contribution in [2.24, 2.45) is 0 Å². The average Bonchev–Trinajstić information content (AvgIpc) is 3.76. The lowest BCUT2D eigenvalue weighted by molar-refractivity contribution is 0.0955. The van der Waals surface area contributed by atoms with Crippen LogP contribution < -0.4 is 33.7 Å². The molecule has 2 atom stereocenters. The molecule has 0 spiro atoms. The number of ether oxygens (including phenoxy) is 6. The summed E-state index contributed by atoms with van der Waals surface area (Å²) >= 11 is 1.32. The molecule has 292 valence electrons. The number of fused-ring (bicyclic) bond motifs is 2. The fourth-order valence-corrected chi connectivity index (χ4v) is 8.63. The van der Waals surface area contributed by atoms with Gasteiger partial charge in [-0.1, -0.05) is 18.2 Å². The zero-order chi connectivity index (χ0) is 38.8. The molecule has 0 fully saturated rings. The van der Waals surface area contributed by atoms with Gasteiger partial charge in [0.1, 0.15) is 10.6 Å². The molecule has 4 aliphatic rings. The Labute approximate surface area is 332 Å². The number of amides is 1. The number of likely N-dealkylation sites (N-methyl/N-ethyl adjacent to an activating group) is 2. The maximum absolute atomic E-state index is 12.4. The molecular formula is C44H48N4O7S. The topological polar surface area (TPSA) is 104 Å². The van der Waals surface area contributed by atoms with Gasteiger partial charge >= 0.3 is 0 Å². The molecule has 5 heterocycles. The summed E-state index contributed by atoms with van der Waals surface area (Å²) in [6.45, 7) is 2.68. The lowest BCUT2D eigenvalue weighted by atomic mass is 9.87. The van der Waals surface area contributed by atoms with E-state index in [1.165, 1.54) is 28.0 Å². The second-order valence-electron chi connectivity index (χ2n) is 14.6. The van der Waals surface area contributed by atoms with Crippen molar-refractivity contribution in [2.75, 3.05) is 61.7 Å². The summed E-state index contributed by atoms with van der Waals surface area (Å²) < 4.78 is 38.1. The van der Waals surface area contributed by atoms with Crippen LogP contribution in [0.4, 0.5) is 0 Å². The lowest BCUT2D eigenvalue weighted by Crippen LogP contribution is -2.34. The number of nitrogens with zero attached hydrogens (tertiary/aromatic N) is 3. The molecule has 56 heavy (non-hydrogen) atoms. The van der Waals surface area contributed by atoms with Gasteiger partial charge in [0.15, 0.2) is 34.5 Å². The van der Waals surface area contributed by atoms with E-state index >= 15 is 0 Å². The molecule has 1 N–H and O–H groups in total. The Balaban J connectivity index is 1.19. The zero-order valence-electron chi connectivity index (χ0n) is 32.6. The van der Waals surface area contributed by atoms with Crippen LogP contribution in [0.3, 0.4) is 0 Å². The second-order valence-corrected chi connectivity index (χ2v) is 15.5. The van der Waals surface area contributed by atoms with Gasteiger partial charge < -0.3 is 33.7 Å². The normalized spacial score (nSPS) is 17.7. The minimum atomic E-state index is -0.128. The van der Waals surface area contributed by atoms with E-state index in [1.807, 2.05) is 18.2 Å². The van der Waals surface area contributed by atoms with Crippen LogP contribution in [0.15, 0.2) is 72.4 Å². The highest BCUT2D eigenvalue weighted by atomic mass is 32.1. The van der Waals surface area contributed by atoms with E-state index in [0.717, 1.165) is 54.8 Å². The number of hydrogen-bond acceptors (Lipinski definition) is 11. The molecule has 5 aromatic rings. The number of carbonyl (C=O) groups excluding carboxylic acids is 1. The predicted molar refractivity (Wildman–Crippen MR) is 216 cm³/mol. The van der Waals surface area contributed by atoms with Crippen molar-refractivity contribution in [3.63, 3.8) is 0 Å². The predicted octanol–water partition coefficient (Wildman–Crippen LogP) is 7.81. The molecule has 0 radical (unpaired) electrons. The van der Waals surface area contributed by atoms with Crippen molar-refractivity contribution in [2.45, 2.75) is 44.2 Å². The number of thiazole rings is 1. The van der Waals surface area contributed by atoms with Crippen LogP contribution in [-0.4, -0.2) is 82.4 Å². The van der Waals surface area contributed by atoms with E-state index in [9.17, 15) is 4.79 Å². The highest BCUT2D eigenvalue weighted by Crippen LogP contribution is 2.52. The highest BCUT2D eigenvalue weighted by Gasteiger charge is 2.35. The van der Waals surface area contributed by atoms with Crippen LogP contribution in [0.2, 0.25) is 0 Å². The molecule has 4 aliphatic heterocycles. The number of carbonyl (C=O) groups is 1. The minimum absolute atomic E-state index is 0.0593. The van der Waals surface area contributed by atoms with Crippen LogP contribution in [-0.2, 0) is 25.7 Å². The fourth-order valence-electron chi connectivity index (χ4n) is 8.10. The van der Waals surface area contributed by atoms with Gasteiger partial charge in [0.05, 0.1) is 39.6 Å². The Bertz CT molecular complexity index is 2190. The first-order chi connectivity index (χ1) is 27.3. The van der Waals surface area contributed by atoms with Gasteiger partial charge in [0, 0.05) is 37.3 Å². The van der Waals surface area contributed by atoms with Gasteiger partial charge in [-0.3, -0.25) is 19.6 Å². The molecule has 0 saturated heterocycles. The van der Waals surface area contributed by atoms with E-state index in [2.05, 4.69) is 76.7 Å². The van der Waals surface area contributed by atoms with Crippen molar-refractivity contribution in [1.82, 2.24) is 20.1 Å². The monoisotopic (exact) mass is 776 g/mol.